The normalized spacial score (nSPS) is 11.6. The first-order valence-corrected chi connectivity index (χ1v) is 9.09. The van der Waals surface area contributed by atoms with Crippen LogP contribution in [0.5, 0.6) is 0 Å². The van der Waals surface area contributed by atoms with E-state index < -0.39 is 0 Å². The zero-order valence-corrected chi connectivity index (χ0v) is 15.3. The van der Waals surface area contributed by atoms with E-state index in [4.69, 9.17) is 4.74 Å². The lowest BCUT2D eigenvalue weighted by Gasteiger charge is -2.14. The van der Waals surface area contributed by atoms with E-state index in [1.165, 1.54) is 0 Å². The molecule has 0 aliphatic carbocycles. The molecular weight excluding hydrogens is 336 g/mol. The predicted octanol–water partition coefficient (Wildman–Crippen LogP) is 5.27. The number of rotatable bonds is 7. The molecule has 3 nitrogen and oxygen atoms in total. The van der Waals surface area contributed by atoms with Crippen LogP contribution in [0.15, 0.2) is 84.9 Å². The molecule has 0 bridgehead atoms. The number of esters is 1. The molecule has 27 heavy (non-hydrogen) atoms. The summed E-state index contributed by atoms with van der Waals surface area (Å²) in [5.74, 6) is -0.914. The fourth-order valence-electron chi connectivity index (χ4n) is 3.02. The highest BCUT2D eigenvalue weighted by Gasteiger charge is 2.21. The van der Waals surface area contributed by atoms with Gasteiger partial charge in [0.2, 0.25) is 0 Å². The van der Waals surface area contributed by atoms with E-state index in [0.717, 1.165) is 16.7 Å². The van der Waals surface area contributed by atoms with Gasteiger partial charge in [0.1, 0.15) is 0 Å². The second kappa shape index (κ2) is 8.95. The summed E-state index contributed by atoms with van der Waals surface area (Å²) in [4.78, 5) is 24.7. The molecule has 0 saturated carbocycles. The van der Waals surface area contributed by atoms with Gasteiger partial charge < -0.3 is 4.74 Å². The Morgan fingerprint density at radius 1 is 0.778 bits per heavy atom. The van der Waals surface area contributed by atoms with Crippen molar-refractivity contribution in [1.82, 2.24) is 0 Å². The third-order valence-corrected chi connectivity index (χ3v) is 4.55. The third kappa shape index (κ3) is 4.70. The summed E-state index contributed by atoms with van der Waals surface area (Å²) < 4.78 is 5.29. The molecule has 0 saturated heterocycles. The van der Waals surface area contributed by atoms with Crippen molar-refractivity contribution < 1.29 is 14.3 Å². The molecule has 0 radical (unpaired) electrons. The van der Waals surface area contributed by atoms with E-state index in [2.05, 4.69) is 0 Å². The molecule has 0 aliphatic rings. The van der Waals surface area contributed by atoms with Crippen LogP contribution in [0.2, 0.25) is 0 Å². The Morgan fingerprint density at radius 2 is 1.33 bits per heavy atom. The molecule has 1 atom stereocenters. The van der Waals surface area contributed by atoms with Crippen molar-refractivity contribution in [2.45, 2.75) is 19.3 Å². The topological polar surface area (TPSA) is 43.4 Å². The van der Waals surface area contributed by atoms with Crippen molar-refractivity contribution in [3.63, 3.8) is 0 Å². The zero-order valence-electron chi connectivity index (χ0n) is 15.3. The molecule has 0 spiro atoms. The van der Waals surface area contributed by atoms with E-state index in [1.807, 2.05) is 79.7 Å². The van der Waals surface area contributed by atoms with E-state index in [9.17, 15) is 9.59 Å². The fourth-order valence-corrected chi connectivity index (χ4v) is 3.02. The van der Waals surface area contributed by atoms with Crippen molar-refractivity contribution in [3.05, 3.63) is 96.1 Å². The van der Waals surface area contributed by atoms with Gasteiger partial charge in [-0.1, -0.05) is 91.9 Å². The van der Waals surface area contributed by atoms with Gasteiger partial charge in [-0.3, -0.25) is 9.59 Å². The van der Waals surface area contributed by atoms with Crippen LogP contribution in [-0.2, 0) is 9.53 Å². The maximum absolute atomic E-state index is 12.4. The molecule has 3 aromatic carbocycles. The van der Waals surface area contributed by atoms with Crippen molar-refractivity contribution in [3.8, 4) is 11.1 Å². The van der Waals surface area contributed by atoms with E-state index in [1.54, 1.807) is 12.1 Å². The van der Waals surface area contributed by atoms with Crippen LogP contribution < -0.4 is 0 Å². The van der Waals surface area contributed by atoms with Crippen LogP contribution in [0.4, 0.5) is 0 Å². The Hall–Kier alpha value is -3.20. The highest BCUT2D eigenvalue weighted by Crippen LogP contribution is 2.22. The lowest BCUT2D eigenvalue weighted by atomic mass is 9.97. The van der Waals surface area contributed by atoms with Crippen molar-refractivity contribution >= 4 is 11.8 Å². The minimum Gasteiger partial charge on any atom is -0.457 e. The first-order valence-electron chi connectivity index (χ1n) is 9.09. The number of Topliss-reactive ketones (excluding diaryl/α,β-unsaturated/α-hetero) is 1. The molecule has 0 aliphatic heterocycles. The molecule has 0 N–H and O–H groups in total. The van der Waals surface area contributed by atoms with Gasteiger partial charge in [-0.05, 0) is 23.1 Å². The average Bonchev–Trinajstić information content (AvgIpc) is 2.74. The summed E-state index contributed by atoms with van der Waals surface area (Å²) >= 11 is 0. The van der Waals surface area contributed by atoms with Crippen molar-refractivity contribution in [2.24, 2.45) is 0 Å². The standard InChI is InChI=1S/C24H22O3/c1-2-22(20-11-7-4-8-12-20)24(26)27-17-23(25)21-15-13-19(14-16-21)18-9-5-3-6-10-18/h3-16,22H,2,17H2,1H3/t22-/m1/s1. The van der Waals surface area contributed by atoms with Crippen LogP contribution in [0.1, 0.15) is 35.2 Å². The van der Waals surface area contributed by atoms with Gasteiger partial charge in [0.15, 0.2) is 12.4 Å². The quantitative estimate of drug-likeness (QED) is 0.427. The molecular formula is C24H22O3. The van der Waals surface area contributed by atoms with Crippen molar-refractivity contribution in [1.29, 1.82) is 0 Å². The fraction of sp³-hybridized carbons (Fsp3) is 0.167. The molecule has 3 heteroatoms. The van der Waals surface area contributed by atoms with Crippen LogP contribution in [0.25, 0.3) is 11.1 Å². The largest absolute Gasteiger partial charge is 0.457 e. The highest BCUT2D eigenvalue weighted by molar-refractivity contribution is 5.98. The number of carbonyl (C=O) groups is 2. The number of ether oxygens (including phenoxy) is 1. The smallest absolute Gasteiger partial charge is 0.313 e. The van der Waals surface area contributed by atoms with E-state index in [0.29, 0.717) is 12.0 Å². The summed E-state index contributed by atoms with van der Waals surface area (Å²) in [5.41, 5.74) is 3.58. The van der Waals surface area contributed by atoms with Gasteiger partial charge in [-0.2, -0.15) is 0 Å². The van der Waals surface area contributed by atoms with Gasteiger partial charge in [-0.15, -0.1) is 0 Å². The molecule has 3 aromatic rings. The summed E-state index contributed by atoms with van der Waals surface area (Å²) in [6.07, 6.45) is 0.628. The van der Waals surface area contributed by atoms with E-state index in [-0.39, 0.29) is 24.3 Å². The monoisotopic (exact) mass is 358 g/mol. The summed E-state index contributed by atoms with van der Waals surface area (Å²) in [7, 11) is 0. The maximum atomic E-state index is 12.4. The Bertz CT molecular complexity index is 884. The second-order valence-electron chi connectivity index (χ2n) is 6.35. The Kier molecular flexibility index (Phi) is 6.16. The van der Waals surface area contributed by atoms with Gasteiger partial charge in [0.05, 0.1) is 5.92 Å². The number of benzene rings is 3. The summed E-state index contributed by atoms with van der Waals surface area (Å²) in [6.45, 7) is 1.69. The van der Waals surface area contributed by atoms with Crippen LogP contribution in [0, 0.1) is 0 Å². The number of hydrogen-bond donors (Lipinski definition) is 0. The Balaban J connectivity index is 1.61. The minimum absolute atomic E-state index is 0.203. The van der Waals surface area contributed by atoms with Crippen LogP contribution in [0.3, 0.4) is 0 Å². The summed E-state index contributed by atoms with van der Waals surface area (Å²) in [6, 6.07) is 26.8. The van der Waals surface area contributed by atoms with Crippen LogP contribution >= 0.6 is 0 Å². The molecule has 0 aromatic heterocycles. The molecule has 3 rings (SSSR count). The average molecular weight is 358 g/mol. The van der Waals surface area contributed by atoms with Gasteiger partial charge in [0.25, 0.3) is 0 Å². The van der Waals surface area contributed by atoms with Gasteiger partial charge >= 0.3 is 5.97 Å². The lowest BCUT2D eigenvalue weighted by molar-refractivity contribution is -0.144. The molecule has 0 heterocycles. The SMILES string of the molecule is CC[C@@H](C(=O)OCC(=O)c1ccc(-c2ccccc2)cc1)c1ccccc1. The zero-order chi connectivity index (χ0) is 19.1. The lowest BCUT2D eigenvalue weighted by Crippen LogP contribution is -2.19. The Morgan fingerprint density at radius 3 is 1.93 bits per heavy atom. The predicted molar refractivity (Wildman–Crippen MR) is 107 cm³/mol. The first-order chi connectivity index (χ1) is 13.2. The van der Waals surface area contributed by atoms with Gasteiger partial charge in [-0.25, -0.2) is 0 Å². The molecule has 136 valence electrons. The molecule has 0 fully saturated rings. The number of carbonyl (C=O) groups excluding carboxylic acids is 2. The van der Waals surface area contributed by atoms with Gasteiger partial charge in [0, 0.05) is 5.56 Å². The maximum Gasteiger partial charge on any atom is 0.313 e. The number of hydrogen-bond acceptors (Lipinski definition) is 3. The minimum atomic E-state index is -0.363. The van der Waals surface area contributed by atoms with Crippen molar-refractivity contribution in [2.75, 3.05) is 6.61 Å². The van der Waals surface area contributed by atoms with E-state index >= 15 is 0 Å². The highest BCUT2D eigenvalue weighted by atomic mass is 16.5. The third-order valence-electron chi connectivity index (χ3n) is 4.55. The first kappa shape index (κ1) is 18.6. The molecule has 0 unspecified atom stereocenters. The van der Waals surface area contributed by atoms with Crippen LogP contribution in [-0.4, -0.2) is 18.4 Å². The summed E-state index contributed by atoms with van der Waals surface area (Å²) in [5, 5.41) is 0. The molecule has 0 amide bonds. The second-order valence-corrected chi connectivity index (χ2v) is 6.35. The number of ketones is 1. The Labute approximate surface area is 159 Å².